The van der Waals surface area contributed by atoms with Crippen molar-refractivity contribution in [2.45, 2.75) is 50.4 Å². The smallest absolute Gasteiger partial charge is 0.139 e. The Morgan fingerprint density at radius 1 is 1.19 bits per heavy atom. The van der Waals surface area contributed by atoms with Gasteiger partial charge in [-0.25, -0.2) is 9.97 Å². The zero-order valence-electron chi connectivity index (χ0n) is 12.6. The molecule has 0 atom stereocenters. The number of nitrogens with zero attached hydrogens (tertiary/aromatic N) is 2. The average molecular weight is 299 g/mol. The topological polar surface area (TPSA) is 37.8 Å². The Labute approximate surface area is 130 Å². The summed E-state index contributed by atoms with van der Waals surface area (Å²) in [4.78, 5) is 10.9. The minimum atomic E-state index is 0.842. The molecule has 4 heteroatoms. The van der Waals surface area contributed by atoms with E-state index in [1.165, 1.54) is 27.4 Å². The van der Waals surface area contributed by atoms with Gasteiger partial charge in [0.2, 0.25) is 0 Å². The van der Waals surface area contributed by atoms with Gasteiger partial charge in [-0.1, -0.05) is 31.5 Å². The molecule has 0 radical (unpaired) electrons. The summed E-state index contributed by atoms with van der Waals surface area (Å²) in [6, 6.07) is 8.49. The molecule has 1 aliphatic heterocycles. The number of thioether (sulfide) groups is 1. The summed E-state index contributed by atoms with van der Waals surface area (Å²) in [7, 11) is 0. The molecule has 1 N–H and O–H groups in total. The van der Waals surface area contributed by atoms with Crippen molar-refractivity contribution in [1.29, 1.82) is 0 Å². The molecule has 0 amide bonds. The van der Waals surface area contributed by atoms with E-state index in [0.29, 0.717) is 0 Å². The molecule has 1 aromatic carbocycles. The van der Waals surface area contributed by atoms with E-state index < -0.39 is 0 Å². The highest BCUT2D eigenvalue weighted by Gasteiger charge is 2.18. The van der Waals surface area contributed by atoms with Crippen molar-refractivity contribution in [3.05, 3.63) is 52.6 Å². The van der Waals surface area contributed by atoms with Gasteiger partial charge in [0.25, 0.3) is 0 Å². The lowest BCUT2D eigenvalue weighted by Crippen LogP contribution is -2.05. The van der Waals surface area contributed by atoms with Crippen molar-refractivity contribution < 1.29 is 0 Å². The Bertz CT molecular complexity index is 640. The summed E-state index contributed by atoms with van der Waals surface area (Å²) in [5.74, 6) is 1.81. The summed E-state index contributed by atoms with van der Waals surface area (Å²) < 4.78 is 0. The second-order valence-corrected chi connectivity index (χ2v) is 6.44. The van der Waals surface area contributed by atoms with Crippen molar-refractivity contribution in [3.8, 4) is 0 Å². The van der Waals surface area contributed by atoms with Crippen molar-refractivity contribution in [2.24, 2.45) is 0 Å². The second kappa shape index (κ2) is 6.58. The number of rotatable bonds is 5. The molecular formula is C17H21N3S. The molecule has 0 saturated carbocycles. The normalized spacial score (nSPS) is 13.4. The molecule has 0 saturated heterocycles. The Balaban J connectivity index is 1.80. The highest BCUT2D eigenvalue weighted by atomic mass is 32.2. The van der Waals surface area contributed by atoms with Crippen molar-refractivity contribution in [1.82, 2.24) is 15.3 Å². The first-order valence-corrected chi connectivity index (χ1v) is 8.53. The fourth-order valence-electron chi connectivity index (χ4n) is 2.66. The lowest BCUT2D eigenvalue weighted by atomic mass is 10.1. The maximum Gasteiger partial charge on any atom is 0.139 e. The maximum atomic E-state index is 4.81. The lowest BCUT2D eigenvalue weighted by Gasteiger charge is -2.09. The van der Waals surface area contributed by atoms with Crippen LogP contribution in [0.5, 0.6) is 0 Å². The monoisotopic (exact) mass is 299 g/mol. The summed E-state index contributed by atoms with van der Waals surface area (Å²) in [6.07, 6.45) is 2.18. The lowest BCUT2D eigenvalue weighted by molar-refractivity contribution is 0.753. The van der Waals surface area contributed by atoms with Crippen LogP contribution in [0.2, 0.25) is 0 Å². The zero-order chi connectivity index (χ0) is 14.7. The van der Waals surface area contributed by atoms with Gasteiger partial charge in [-0.15, -0.1) is 11.8 Å². The first kappa shape index (κ1) is 14.5. The average Bonchev–Trinajstić information content (AvgIpc) is 2.95. The van der Waals surface area contributed by atoms with Gasteiger partial charge >= 0.3 is 0 Å². The summed E-state index contributed by atoms with van der Waals surface area (Å²) in [6.45, 7) is 6.17. The molecule has 0 fully saturated rings. The second-order valence-electron chi connectivity index (χ2n) is 5.42. The number of hydrogen-bond acceptors (Lipinski definition) is 4. The van der Waals surface area contributed by atoms with Gasteiger partial charge in [0.05, 0.1) is 11.4 Å². The number of nitrogens with one attached hydrogen (secondary N) is 1. The molecule has 0 bridgehead atoms. The summed E-state index contributed by atoms with van der Waals surface area (Å²) >= 11 is 1.83. The summed E-state index contributed by atoms with van der Waals surface area (Å²) in [5.41, 5.74) is 5.10. The van der Waals surface area contributed by atoms with E-state index in [2.05, 4.69) is 43.4 Å². The third-order valence-electron chi connectivity index (χ3n) is 3.76. The van der Waals surface area contributed by atoms with Crippen LogP contribution in [0, 0.1) is 6.92 Å². The van der Waals surface area contributed by atoms with Gasteiger partial charge in [-0.05, 0) is 25.0 Å². The van der Waals surface area contributed by atoms with E-state index in [1.807, 2.05) is 11.8 Å². The molecule has 21 heavy (non-hydrogen) atoms. The SMILES string of the molecule is CCCc1nc(CSc2ccccc2C)nc2c1CNC2. The van der Waals surface area contributed by atoms with Gasteiger partial charge in [0.1, 0.15) is 5.82 Å². The molecule has 0 unspecified atom stereocenters. The van der Waals surface area contributed by atoms with Crippen molar-refractivity contribution in [2.75, 3.05) is 0 Å². The van der Waals surface area contributed by atoms with Gasteiger partial charge in [0, 0.05) is 29.2 Å². The maximum absolute atomic E-state index is 4.81. The van der Waals surface area contributed by atoms with Gasteiger partial charge < -0.3 is 5.32 Å². The Morgan fingerprint density at radius 3 is 2.86 bits per heavy atom. The fraction of sp³-hybridized carbons (Fsp3) is 0.412. The van der Waals surface area contributed by atoms with Crippen LogP contribution in [-0.4, -0.2) is 9.97 Å². The Kier molecular flexibility index (Phi) is 4.56. The quantitative estimate of drug-likeness (QED) is 0.856. The van der Waals surface area contributed by atoms with E-state index in [-0.39, 0.29) is 0 Å². The zero-order valence-corrected chi connectivity index (χ0v) is 13.5. The minimum Gasteiger partial charge on any atom is -0.307 e. The van der Waals surface area contributed by atoms with E-state index in [0.717, 1.165) is 37.5 Å². The van der Waals surface area contributed by atoms with Crippen LogP contribution < -0.4 is 5.32 Å². The van der Waals surface area contributed by atoms with Crippen LogP contribution in [0.25, 0.3) is 0 Å². The standard InChI is InChI=1S/C17H21N3S/c1-3-6-14-13-9-18-10-15(13)20-17(19-14)11-21-16-8-5-4-7-12(16)2/h4-5,7-8,18H,3,6,9-11H2,1-2H3. The van der Waals surface area contributed by atoms with Gasteiger partial charge in [0.15, 0.2) is 0 Å². The van der Waals surface area contributed by atoms with Crippen molar-refractivity contribution in [3.63, 3.8) is 0 Å². The molecule has 2 aromatic rings. The predicted octanol–water partition coefficient (Wildman–Crippen LogP) is 3.63. The molecule has 1 aromatic heterocycles. The van der Waals surface area contributed by atoms with E-state index >= 15 is 0 Å². The first-order valence-electron chi connectivity index (χ1n) is 7.54. The molecule has 0 aliphatic carbocycles. The van der Waals surface area contributed by atoms with Crippen LogP contribution >= 0.6 is 11.8 Å². The molecule has 110 valence electrons. The van der Waals surface area contributed by atoms with Crippen LogP contribution in [-0.2, 0) is 25.3 Å². The van der Waals surface area contributed by atoms with Crippen molar-refractivity contribution >= 4 is 11.8 Å². The van der Waals surface area contributed by atoms with Gasteiger partial charge in [-0.3, -0.25) is 0 Å². The largest absolute Gasteiger partial charge is 0.307 e. The molecule has 0 spiro atoms. The Hall–Kier alpha value is -1.39. The van der Waals surface area contributed by atoms with E-state index in [4.69, 9.17) is 9.97 Å². The van der Waals surface area contributed by atoms with Gasteiger partial charge in [-0.2, -0.15) is 0 Å². The third-order valence-corrected chi connectivity index (χ3v) is 4.93. The molecule has 3 nitrogen and oxygen atoms in total. The van der Waals surface area contributed by atoms with Crippen LogP contribution in [0.4, 0.5) is 0 Å². The highest BCUT2D eigenvalue weighted by Crippen LogP contribution is 2.26. The molecular weight excluding hydrogens is 278 g/mol. The predicted molar refractivity (Wildman–Crippen MR) is 87.3 cm³/mol. The number of aryl methyl sites for hydroxylation is 2. The van der Waals surface area contributed by atoms with Crippen LogP contribution in [0.3, 0.4) is 0 Å². The number of benzene rings is 1. The fourth-order valence-corrected chi connectivity index (χ4v) is 3.55. The Morgan fingerprint density at radius 2 is 2.05 bits per heavy atom. The molecule has 3 rings (SSSR count). The number of hydrogen-bond donors (Lipinski definition) is 1. The van der Waals surface area contributed by atoms with Crippen LogP contribution in [0.15, 0.2) is 29.2 Å². The highest BCUT2D eigenvalue weighted by molar-refractivity contribution is 7.98. The van der Waals surface area contributed by atoms with E-state index in [1.54, 1.807) is 0 Å². The summed E-state index contributed by atoms with van der Waals surface area (Å²) in [5, 5.41) is 3.39. The first-order chi connectivity index (χ1) is 10.3. The number of fused-ring (bicyclic) bond motifs is 1. The molecule has 1 aliphatic rings. The van der Waals surface area contributed by atoms with E-state index in [9.17, 15) is 0 Å². The molecule has 2 heterocycles. The minimum absolute atomic E-state index is 0.842. The third kappa shape index (κ3) is 3.27. The number of aromatic nitrogens is 2. The van der Waals surface area contributed by atoms with Crippen LogP contribution in [0.1, 0.15) is 41.7 Å².